The molecular weight excluding hydrogens is 374 g/mol. The number of rotatable bonds is 7. The van der Waals surface area contributed by atoms with Crippen LogP contribution in [0, 0.1) is 0 Å². The Hall–Kier alpha value is -2.58. The second-order valence-corrected chi connectivity index (χ2v) is 7.69. The van der Waals surface area contributed by atoms with Crippen LogP contribution >= 0.6 is 11.8 Å². The van der Waals surface area contributed by atoms with Crippen molar-refractivity contribution in [3.8, 4) is 0 Å². The van der Waals surface area contributed by atoms with Gasteiger partial charge in [-0.1, -0.05) is 42.1 Å². The Bertz CT molecular complexity index is 873. The highest BCUT2D eigenvalue weighted by molar-refractivity contribution is 7.99. The first-order chi connectivity index (χ1) is 13.8. The molecule has 1 saturated heterocycles. The second-order valence-electron chi connectivity index (χ2n) is 6.75. The molecule has 1 aromatic carbocycles. The number of carbonyl (C=O) groups is 1. The summed E-state index contributed by atoms with van der Waals surface area (Å²) < 4.78 is 7.27. The molecule has 8 heteroatoms. The molecule has 0 saturated carbocycles. The third kappa shape index (κ3) is 4.82. The highest BCUT2D eigenvalue weighted by Crippen LogP contribution is 2.18. The Kier molecular flexibility index (Phi) is 6.08. The van der Waals surface area contributed by atoms with Crippen LogP contribution in [0.2, 0.25) is 0 Å². The van der Waals surface area contributed by atoms with E-state index in [4.69, 9.17) is 4.42 Å². The van der Waals surface area contributed by atoms with Crippen molar-refractivity contribution in [2.24, 2.45) is 0 Å². The predicted octanol–water partition coefficient (Wildman–Crippen LogP) is 2.36. The van der Waals surface area contributed by atoms with Gasteiger partial charge in [0.1, 0.15) is 12.1 Å². The molecular formula is C20H23N5O2S. The largest absolute Gasteiger partial charge is 0.467 e. The molecule has 7 nitrogen and oxygen atoms in total. The number of carbonyl (C=O) groups excluding carboxylic acids is 1. The molecule has 0 spiro atoms. The maximum Gasteiger partial charge on any atom is 0.233 e. The zero-order valence-electron chi connectivity index (χ0n) is 15.6. The van der Waals surface area contributed by atoms with Gasteiger partial charge in [0.25, 0.3) is 0 Å². The van der Waals surface area contributed by atoms with Crippen LogP contribution in [0.4, 0.5) is 0 Å². The molecule has 2 aromatic heterocycles. The summed E-state index contributed by atoms with van der Waals surface area (Å²) >= 11 is 1.42. The van der Waals surface area contributed by atoms with E-state index < -0.39 is 0 Å². The fourth-order valence-electron chi connectivity index (χ4n) is 3.25. The molecule has 0 atom stereocenters. The van der Waals surface area contributed by atoms with E-state index in [-0.39, 0.29) is 5.91 Å². The first kappa shape index (κ1) is 18.8. The highest BCUT2D eigenvalue weighted by Gasteiger charge is 2.21. The van der Waals surface area contributed by atoms with Crippen LogP contribution < -0.4 is 0 Å². The van der Waals surface area contributed by atoms with E-state index in [1.54, 1.807) is 12.6 Å². The maximum atomic E-state index is 12.6. The number of piperazine rings is 1. The molecule has 1 amide bonds. The minimum absolute atomic E-state index is 0.150. The van der Waals surface area contributed by atoms with Crippen molar-refractivity contribution >= 4 is 17.7 Å². The average Bonchev–Trinajstić information content (AvgIpc) is 3.40. The molecule has 0 N–H and O–H groups in total. The lowest BCUT2D eigenvalue weighted by atomic mass is 10.2. The lowest BCUT2D eigenvalue weighted by molar-refractivity contribution is -0.130. The molecule has 146 valence electrons. The normalized spacial score (nSPS) is 15.1. The molecule has 1 aliphatic rings. The highest BCUT2D eigenvalue weighted by atomic mass is 32.2. The van der Waals surface area contributed by atoms with E-state index in [1.165, 1.54) is 17.3 Å². The number of thioether (sulfide) groups is 1. The Balaban J connectivity index is 1.24. The Morgan fingerprint density at radius 2 is 1.86 bits per heavy atom. The van der Waals surface area contributed by atoms with Crippen LogP contribution in [0.5, 0.6) is 0 Å². The van der Waals surface area contributed by atoms with E-state index in [2.05, 4.69) is 39.4 Å². The number of hydrogen-bond donors (Lipinski definition) is 0. The van der Waals surface area contributed by atoms with E-state index in [1.807, 2.05) is 27.7 Å². The first-order valence-corrected chi connectivity index (χ1v) is 10.3. The predicted molar refractivity (Wildman–Crippen MR) is 107 cm³/mol. The number of benzene rings is 1. The summed E-state index contributed by atoms with van der Waals surface area (Å²) in [6, 6.07) is 14.2. The summed E-state index contributed by atoms with van der Waals surface area (Å²) in [6.45, 7) is 4.85. The molecule has 0 unspecified atom stereocenters. The molecule has 0 radical (unpaired) electrons. The zero-order chi connectivity index (χ0) is 19.2. The Morgan fingerprint density at radius 3 is 2.61 bits per heavy atom. The SMILES string of the molecule is O=C(CSc1nncn1Cc1ccco1)N1CCN(Cc2ccccc2)CC1. The lowest BCUT2D eigenvalue weighted by Gasteiger charge is -2.34. The van der Waals surface area contributed by atoms with Gasteiger partial charge in [0.2, 0.25) is 5.91 Å². The lowest BCUT2D eigenvalue weighted by Crippen LogP contribution is -2.48. The van der Waals surface area contributed by atoms with Gasteiger partial charge in [-0.15, -0.1) is 10.2 Å². The Morgan fingerprint density at radius 1 is 1.04 bits per heavy atom. The zero-order valence-corrected chi connectivity index (χ0v) is 16.4. The van der Waals surface area contributed by atoms with E-state index in [0.29, 0.717) is 12.3 Å². The van der Waals surface area contributed by atoms with Crippen LogP contribution in [-0.4, -0.2) is 62.4 Å². The fourth-order valence-corrected chi connectivity index (χ4v) is 4.07. The fraction of sp³-hybridized carbons (Fsp3) is 0.350. The summed E-state index contributed by atoms with van der Waals surface area (Å²) in [5.41, 5.74) is 1.31. The van der Waals surface area contributed by atoms with E-state index >= 15 is 0 Å². The van der Waals surface area contributed by atoms with Crippen molar-refractivity contribution in [3.63, 3.8) is 0 Å². The van der Waals surface area contributed by atoms with Gasteiger partial charge in [-0.05, 0) is 17.7 Å². The number of hydrogen-bond acceptors (Lipinski definition) is 6. The molecule has 1 aliphatic heterocycles. The van der Waals surface area contributed by atoms with E-state index in [9.17, 15) is 4.79 Å². The van der Waals surface area contributed by atoms with Crippen molar-refractivity contribution in [2.45, 2.75) is 18.2 Å². The minimum atomic E-state index is 0.150. The average molecular weight is 398 g/mol. The van der Waals surface area contributed by atoms with Gasteiger partial charge in [-0.3, -0.25) is 9.69 Å². The molecule has 28 heavy (non-hydrogen) atoms. The van der Waals surface area contributed by atoms with Crippen LogP contribution in [0.3, 0.4) is 0 Å². The number of furan rings is 1. The van der Waals surface area contributed by atoms with Crippen LogP contribution in [0.1, 0.15) is 11.3 Å². The van der Waals surface area contributed by atoms with Gasteiger partial charge >= 0.3 is 0 Å². The standard InChI is InChI=1S/C20H23N5O2S/c26-19(15-28-20-22-21-16-25(20)14-18-7-4-12-27-18)24-10-8-23(9-11-24)13-17-5-2-1-3-6-17/h1-7,12,16H,8-11,13-15H2. The van der Waals surface area contributed by atoms with Gasteiger partial charge < -0.3 is 13.9 Å². The van der Waals surface area contributed by atoms with Crippen molar-refractivity contribution in [2.75, 3.05) is 31.9 Å². The number of amides is 1. The summed E-state index contributed by atoms with van der Waals surface area (Å²) in [7, 11) is 0. The Labute approximate surface area is 168 Å². The second kappa shape index (κ2) is 9.07. The molecule has 3 aromatic rings. The monoisotopic (exact) mass is 397 g/mol. The summed E-state index contributed by atoms with van der Waals surface area (Å²) in [5.74, 6) is 1.36. The number of aromatic nitrogens is 3. The van der Waals surface area contributed by atoms with Gasteiger partial charge in [-0.2, -0.15) is 0 Å². The van der Waals surface area contributed by atoms with Gasteiger partial charge in [-0.25, -0.2) is 0 Å². The third-order valence-electron chi connectivity index (χ3n) is 4.79. The maximum absolute atomic E-state index is 12.6. The van der Waals surface area contributed by atoms with Gasteiger partial charge in [0.05, 0.1) is 18.6 Å². The topological polar surface area (TPSA) is 67.4 Å². The smallest absolute Gasteiger partial charge is 0.233 e. The molecule has 0 bridgehead atoms. The minimum Gasteiger partial charge on any atom is -0.467 e. The molecule has 0 aliphatic carbocycles. The van der Waals surface area contributed by atoms with Crippen LogP contribution in [0.25, 0.3) is 0 Å². The van der Waals surface area contributed by atoms with Gasteiger partial charge in [0, 0.05) is 32.7 Å². The van der Waals surface area contributed by atoms with Crippen molar-refractivity contribution in [3.05, 3.63) is 66.4 Å². The third-order valence-corrected chi connectivity index (χ3v) is 5.75. The number of nitrogens with zero attached hydrogens (tertiary/aromatic N) is 5. The first-order valence-electron chi connectivity index (χ1n) is 9.35. The molecule has 1 fully saturated rings. The molecule has 3 heterocycles. The van der Waals surface area contributed by atoms with Crippen molar-refractivity contribution < 1.29 is 9.21 Å². The van der Waals surface area contributed by atoms with Gasteiger partial charge in [0.15, 0.2) is 5.16 Å². The van der Waals surface area contributed by atoms with Crippen LogP contribution in [0.15, 0.2) is 64.6 Å². The molecule has 4 rings (SSSR count). The van der Waals surface area contributed by atoms with Crippen molar-refractivity contribution in [1.29, 1.82) is 0 Å². The van der Waals surface area contributed by atoms with E-state index in [0.717, 1.165) is 43.6 Å². The summed E-state index contributed by atoms with van der Waals surface area (Å²) in [5, 5.41) is 8.82. The summed E-state index contributed by atoms with van der Waals surface area (Å²) in [6.07, 6.45) is 3.31. The van der Waals surface area contributed by atoms with Crippen molar-refractivity contribution in [1.82, 2.24) is 24.6 Å². The summed E-state index contributed by atoms with van der Waals surface area (Å²) in [4.78, 5) is 16.9. The quantitative estimate of drug-likeness (QED) is 0.570. The van der Waals surface area contributed by atoms with Crippen LogP contribution in [-0.2, 0) is 17.9 Å².